The SMILES string of the molecule is O=C(NCc1ccco1)c1cccc(C(=O)Nc2c(F)cccc2F)n1. The van der Waals surface area contributed by atoms with E-state index in [0.29, 0.717) is 5.76 Å². The van der Waals surface area contributed by atoms with Gasteiger partial charge < -0.3 is 15.1 Å². The smallest absolute Gasteiger partial charge is 0.274 e. The summed E-state index contributed by atoms with van der Waals surface area (Å²) in [5.41, 5.74) is -0.747. The number of benzene rings is 1. The quantitative estimate of drug-likeness (QED) is 0.735. The standard InChI is InChI=1S/C18H13F2N3O3/c19-12-5-1-6-13(20)16(12)23-18(25)15-8-2-7-14(22-15)17(24)21-10-11-4-3-9-26-11/h1-9H,10H2,(H,21,24)(H,23,25). The second-order valence-corrected chi connectivity index (χ2v) is 5.22. The van der Waals surface area contributed by atoms with Crippen molar-refractivity contribution in [1.29, 1.82) is 0 Å². The summed E-state index contributed by atoms with van der Waals surface area (Å²) in [5, 5.41) is 4.71. The van der Waals surface area contributed by atoms with Crippen LogP contribution in [0.25, 0.3) is 0 Å². The molecule has 0 unspecified atom stereocenters. The van der Waals surface area contributed by atoms with Crippen LogP contribution in [0.2, 0.25) is 0 Å². The van der Waals surface area contributed by atoms with Crippen molar-refractivity contribution < 1.29 is 22.8 Å². The van der Waals surface area contributed by atoms with Crippen molar-refractivity contribution in [3.8, 4) is 0 Å². The van der Waals surface area contributed by atoms with Gasteiger partial charge in [0.15, 0.2) is 0 Å². The third kappa shape index (κ3) is 3.92. The third-order valence-corrected chi connectivity index (χ3v) is 3.42. The number of furan rings is 1. The van der Waals surface area contributed by atoms with Crippen LogP contribution in [0.1, 0.15) is 26.7 Å². The van der Waals surface area contributed by atoms with Crippen molar-refractivity contribution in [1.82, 2.24) is 10.3 Å². The van der Waals surface area contributed by atoms with Gasteiger partial charge in [0.1, 0.15) is 34.5 Å². The number of pyridine rings is 1. The van der Waals surface area contributed by atoms with Crippen LogP contribution in [0.3, 0.4) is 0 Å². The van der Waals surface area contributed by atoms with Gasteiger partial charge in [-0.2, -0.15) is 0 Å². The maximum atomic E-state index is 13.6. The summed E-state index contributed by atoms with van der Waals surface area (Å²) < 4.78 is 32.3. The van der Waals surface area contributed by atoms with E-state index in [1.807, 2.05) is 0 Å². The molecule has 1 aromatic carbocycles. The lowest BCUT2D eigenvalue weighted by Crippen LogP contribution is -2.25. The van der Waals surface area contributed by atoms with Crippen LogP contribution in [-0.4, -0.2) is 16.8 Å². The van der Waals surface area contributed by atoms with Gasteiger partial charge in [-0.1, -0.05) is 12.1 Å². The van der Waals surface area contributed by atoms with Crippen molar-refractivity contribution in [2.45, 2.75) is 6.54 Å². The minimum absolute atomic E-state index is 0.0155. The lowest BCUT2D eigenvalue weighted by atomic mass is 10.2. The molecule has 8 heteroatoms. The first-order valence-electron chi connectivity index (χ1n) is 7.57. The van der Waals surface area contributed by atoms with Crippen LogP contribution < -0.4 is 10.6 Å². The van der Waals surface area contributed by atoms with E-state index in [0.717, 1.165) is 12.1 Å². The van der Waals surface area contributed by atoms with Gasteiger partial charge in [0, 0.05) is 0 Å². The summed E-state index contributed by atoms with van der Waals surface area (Å²) in [6.45, 7) is 0.157. The van der Waals surface area contributed by atoms with Gasteiger partial charge in [0.05, 0.1) is 12.8 Å². The Balaban J connectivity index is 1.72. The normalized spacial score (nSPS) is 10.4. The Morgan fingerprint density at radius 2 is 1.58 bits per heavy atom. The van der Waals surface area contributed by atoms with Gasteiger partial charge in [-0.15, -0.1) is 0 Å². The number of rotatable bonds is 5. The van der Waals surface area contributed by atoms with Gasteiger partial charge in [0.2, 0.25) is 0 Å². The Hall–Kier alpha value is -3.55. The largest absolute Gasteiger partial charge is 0.467 e. The summed E-state index contributed by atoms with van der Waals surface area (Å²) in [4.78, 5) is 28.2. The van der Waals surface area contributed by atoms with E-state index in [1.54, 1.807) is 12.1 Å². The average molecular weight is 357 g/mol. The number of para-hydroxylation sites is 1. The number of nitrogens with one attached hydrogen (secondary N) is 2. The van der Waals surface area contributed by atoms with Crippen molar-refractivity contribution in [3.05, 3.63) is 83.6 Å². The molecule has 3 aromatic rings. The molecule has 0 radical (unpaired) electrons. The van der Waals surface area contributed by atoms with Crippen LogP contribution >= 0.6 is 0 Å². The maximum Gasteiger partial charge on any atom is 0.274 e. The zero-order valence-electron chi connectivity index (χ0n) is 13.3. The van der Waals surface area contributed by atoms with E-state index >= 15 is 0 Å². The van der Waals surface area contributed by atoms with Crippen molar-refractivity contribution in [2.24, 2.45) is 0 Å². The van der Waals surface area contributed by atoms with Gasteiger partial charge in [0.25, 0.3) is 11.8 Å². The molecular weight excluding hydrogens is 344 g/mol. The zero-order chi connectivity index (χ0) is 18.5. The minimum atomic E-state index is -0.911. The fourth-order valence-electron chi connectivity index (χ4n) is 2.15. The van der Waals surface area contributed by atoms with Crippen molar-refractivity contribution in [3.63, 3.8) is 0 Å². The number of nitrogens with zero attached hydrogens (tertiary/aromatic N) is 1. The molecule has 2 heterocycles. The highest BCUT2D eigenvalue weighted by atomic mass is 19.1. The summed E-state index contributed by atoms with van der Waals surface area (Å²) in [6, 6.07) is 10.8. The highest BCUT2D eigenvalue weighted by molar-refractivity contribution is 6.04. The molecule has 0 aliphatic carbocycles. The van der Waals surface area contributed by atoms with E-state index < -0.39 is 29.1 Å². The van der Waals surface area contributed by atoms with Gasteiger partial charge in [-0.05, 0) is 36.4 Å². The number of halogens is 2. The molecule has 0 aliphatic rings. The second kappa shape index (κ2) is 7.56. The van der Waals surface area contributed by atoms with Gasteiger partial charge in [-0.25, -0.2) is 13.8 Å². The Labute approximate surface area is 146 Å². The van der Waals surface area contributed by atoms with Crippen molar-refractivity contribution in [2.75, 3.05) is 5.32 Å². The monoisotopic (exact) mass is 357 g/mol. The molecule has 0 spiro atoms. The molecule has 0 aliphatic heterocycles. The number of anilines is 1. The highest BCUT2D eigenvalue weighted by Gasteiger charge is 2.16. The third-order valence-electron chi connectivity index (χ3n) is 3.42. The Morgan fingerprint density at radius 3 is 2.23 bits per heavy atom. The molecule has 0 fully saturated rings. The minimum Gasteiger partial charge on any atom is -0.467 e. The number of hydrogen-bond donors (Lipinski definition) is 2. The summed E-state index contributed by atoms with van der Waals surface area (Å²) in [6.07, 6.45) is 1.48. The number of aromatic nitrogens is 1. The summed E-state index contributed by atoms with van der Waals surface area (Å²) >= 11 is 0. The van der Waals surface area contributed by atoms with Gasteiger partial charge in [-0.3, -0.25) is 9.59 Å². The van der Waals surface area contributed by atoms with Crippen LogP contribution in [-0.2, 0) is 6.54 Å². The predicted molar refractivity (Wildman–Crippen MR) is 88.4 cm³/mol. The molecule has 6 nitrogen and oxygen atoms in total. The maximum absolute atomic E-state index is 13.6. The molecule has 132 valence electrons. The van der Waals surface area contributed by atoms with Gasteiger partial charge >= 0.3 is 0 Å². The molecule has 26 heavy (non-hydrogen) atoms. The Morgan fingerprint density at radius 1 is 0.923 bits per heavy atom. The Bertz CT molecular complexity index is 922. The van der Waals surface area contributed by atoms with E-state index in [-0.39, 0.29) is 17.9 Å². The van der Waals surface area contributed by atoms with E-state index in [4.69, 9.17) is 4.42 Å². The van der Waals surface area contributed by atoms with Crippen LogP contribution in [0.5, 0.6) is 0 Å². The molecule has 0 saturated heterocycles. The first kappa shape index (κ1) is 17.3. The molecule has 2 amide bonds. The van der Waals surface area contributed by atoms with E-state index in [1.165, 1.54) is 30.5 Å². The summed E-state index contributed by atoms with van der Waals surface area (Å²) in [7, 11) is 0. The first-order valence-corrected chi connectivity index (χ1v) is 7.57. The van der Waals surface area contributed by atoms with Crippen LogP contribution in [0, 0.1) is 11.6 Å². The molecule has 2 N–H and O–H groups in total. The van der Waals surface area contributed by atoms with Crippen LogP contribution in [0.15, 0.2) is 59.2 Å². The highest BCUT2D eigenvalue weighted by Crippen LogP contribution is 2.18. The van der Waals surface area contributed by atoms with Crippen LogP contribution in [0.4, 0.5) is 14.5 Å². The fourth-order valence-corrected chi connectivity index (χ4v) is 2.15. The first-order chi connectivity index (χ1) is 12.5. The zero-order valence-corrected chi connectivity index (χ0v) is 13.3. The Kier molecular flexibility index (Phi) is 5.02. The number of hydrogen-bond acceptors (Lipinski definition) is 4. The van der Waals surface area contributed by atoms with E-state index in [9.17, 15) is 18.4 Å². The molecule has 2 aromatic heterocycles. The van der Waals surface area contributed by atoms with E-state index in [2.05, 4.69) is 15.6 Å². The molecule has 0 atom stereocenters. The number of amides is 2. The summed E-state index contributed by atoms with van der Waals surface area (Å²) in [5.74, 6) is -2.62. The predicted octanol–water partition coefficient (Wildman–Crippen LogP) is 3.14. The lowest BCUT2D eigenvalue weighted by Gasteiger charge is -2.08. The molecule has 3 rings (SSSR count). The molecule has 0 saturated carbocycles. The number of carbonyl (C=O) groups is 2. The lowest BCUT2D eigenvalue weighted by molar-refractivity contribution is 0.0943. The molecular formula is C18H13F2N3O3. The fraction of sp³-hybridized carbons (Fsp3) is 0.0556. The number of carbonyl (C=O) groups excluding carboxylic acids is 2. The van der Waals surface area contributed by atoms with Crippen molar-refractivity contribution >= 4 is 17.5 Å². The average Bonchev–Trinajstić information content (AvgIpc) is 3.16. The molecule has 0 bridgehead atoms. The second-order valence-electron chi connectivity index (χ2n) is 5.22. The topological polar surface area (TPSA) is 84.2 Å².